The van der Waals surface area contributed by atoms with Crippen LogP contribution in [-0.2, 0) is 17.9 Å². The van der Waals surface area contributed by atoms with Crippen molar-refractivity contribution in [3.63, 3.8) is 0 Å². The molecule has 9 nitrogen and oxygen atoms in total. The molecule has 1 amide bonds. The molecule has 26 heavy (non-hydrogen) atoms. The highest BCUT2D eigenvalue weighted by atomic mass is 16.6. The second-order valence-corrected chi connectivity index (χ2v) is 5.98. The highest BCUT2D eigenvalue weighted by Crippen LogP contribution is 2.13. The number of amides is 1. The number of aryl methyl sites for hydroxylation is 2. The summed E-state index contributed by atoms with van der Waals surface area (Å²) in [7, 11) is 0. The first-order chi connectivity index (χ1) is 12.4. The molecule has 0 unspecified atom stereocenters. The Morgan fingerprint density at radius 3 is 2.58 bits per heavy atom. The number of hydrogen-bond acceptors (Lipinski definition) is 5. The molecule has 0 saturated heterocycles. The SMILES string of the molecule is Cc1cc(C)n(Cc2ccc(NC(=O)Cn3cc([N+](=O)[O-])cn3)cc2)n1. The molecule has 3 aromatic rings. The zero-order valence-corrected chi connectivity index (χ0v) is 14.4. The van der Waals surface area contributed by atoms with Gasteiger partial charge in [-0.1, -0.05) is 12.1 Å². The van der Waals surface area contributed by atoms with Crippen molar-refractivity contribution in [2.45, 2.75) is 26.9 Å². The van der Waals surface area contributed by atoms with Crippen molar-refractivity contribution in [3.8, 4) is 0 Å². The number of nitro groups is 1. The Kier molecular flexibility index (Phi) is 4.78. The summed E-state index contributed by atoms with van der Waals surface area (Å²) < 4.78 is 3.15. The van der Waals surface area contributed by atoms with Crippen LogP contribution in [0.2, 0.25) is 0 Å². The van der Waals surface area contributed by atoms with Gasteiger partial charge in [0, 0.05) is 11.4 Å². The van der Waals surface area contributed by atoms with Gasteiger partial charge in [0.25, 0.3) is 0 Å². The smallest absolute Gasteiger partial charge is 0.307 e. The fourth-order valence-electron chi connectivity index (χ4n) is 2.58. The summed E-state index contributed by atoms with van der Waals surface area (Å²) in [6.07, 6.45) is 2.33. The topological polar surface area (TPSA) is 108 Å². The van der Waals surface area contributed by atoms with Gasteiger partial charge in [-0.15, -0.1) is 0 Å². The zero-order valence-electron chi connectivity index (χ0n) is 14.4. The number of anilines is 1. The molecule has 0 fully saturated rings. The average molecular weight is 354 g/mol. The van der Waals surface area contributed by atoms with Gasteiger partial charge < -0.3 is 5.32 Å². The molecule has 0 radical (unpaired) electrons. The van der Waals surface area contributed by atoms with Gasteiger partial charge in [-0.25, -0.2) is 0 Å². The Labute approximate surface area is 149 Å². The number of carbonyl (C=O) groups is 1. The van der Waals surface area contributed by atoms with E-state index in [1.165, 1.54) is 10.9 Å². The lowest BCUT2D eigenvalue weighted by atomic mass is 10.2. The molecule has 3 rings (SSSR count). The third-order valence-corrected chi connectivity index (χ3v) is 3.81. The van der Waals surface area contributed by atoms with E-state index in [2.05, 4.69) is 15.5 Å². The number of hydrogen-bond donors (Lipinski definition) is 1. The Morgan fingerprint density at radius 2 is 2.00 bits per heavy atom. The number of rotatable bonds is 6. The van der Waals surface area contributed by atoms with Gasteiger partial charge >= 0.3 is 5.69 Å². The predicted octanol–water partition coefficient (Wildman–Crippen LogP) is 2.29. The number of carbonyl (C=O) groups excluding carboxylic acids is 1. The van der Waals surface area contributed by atoms with Crippen molar-refractivity contribution in [3.05, 3.63) is 69.8 Å². The molecule has 9 heteroatoms. The maximum atomic E-state index is 12.0. The molecule has 0 bridgehead atoms. The number of nitrogens with one attached hydrogen (secondary N) is 1. The lowest BCUT2D eigenvalue weighted by Gasteiger charge is -2.08. The third-order valence-electron chi connectivity index (χ3n) is 3.81. The molecule has 2 aromatic heterocycles. The Balaban J connectivity index is 1.58. The lowest BCUT2D eigenvalue weighted by Crippen LogP contribution is -2.19. The van der Waals surface area contributed by atoms with Crippen molar-refractivity contribution >= 4 is 17.3 Å². The molecule has 1 N–H and O–H groups in total. The van der Waals surface area contributed by atoms with E-state index in [-0.39, 0.29) is 18.1 Å². The minimum absolute atomic E-state index is 0.0959. The van der Waals surface area contributed by atoms with E-state index < -0.39 is 4.92 Å². The maximum absolute atomic E-state index is 12.0. The van der Waals surface area contributed by atoms with Gasteiger partial charge in [0.15, 0.2) is 0 Å². The third kappa shape index (κ3) is 4.12. The monoisotopic (exact) mass is 354 g/mol. The van der Waals surface area contributed by atoms with E-state index in [4.69, 9.17) is 0 Å². The van der Waals surface area contributed by atoms with Crippen LogP contribution in [0.3, 0.4) is 0 Å². The molecule has 134 valence electrons. The molecule has 1 aromatic carbocycles. The summed E-state index contributed by atoms with van der Waals surface area (Å²) in [4.78, 5) is 22.1. The van der Waals surface area contributed by atoms with E-state index in [9.17, 15) is 14.9 Å². The first-order valence-corrected chi connectivity index (χ1v) is 7.97. The van der Waals surface area contributed by atoms with Crippen LogP contribution in [0.1, 0.15) is 17.0 Å². The Bertz CT molecular complexity index is 942. The predicted molar refractivity (Wildman–Crippen MR) is 94.8 cm³/mol. The lowest BCUT2D eigenvalue weighted by molar-refractivity contribution is -0.385. The van der Waals surface area contributed by atoms with Crippen molar-refractivity contribution in [1.29, 1.82) is 0 Å². The van der Waals surface area contributed by atoms with Crippen LogP contribution in [0.25, 0.3) is 0 Å². The number of benzene rings is 1. The number of nitrogens with zero attached hydrogens (tertiary/aromatic N) is 5. The Morgan fingerprint density at radius 1 is 1.27 bits per heavy atom. The average Bonchev–Trinajstić information content (AvgIpc) is 3.16. The van der Waals surface area contributed by atoms with Gasteiger partial charge in [-0.3, -0.25) is 24.3 Å². The van der Waals surface area contributed by atoms with Crippen LogP contribution in [0.4, 0.5) is 11.4 Å². The Hall–Kier alpha value is -3.49. The van der Waals surface area contributed by atoms with E-state index in [1.807, 2.05) is 48.9 Å². The molecular formula is C17H18N6O3. The van der Waals surface area contributed by atoms with Gasteiger partial charge in [0.1, 0.15) is 18.9 Å². The maximum Gasteiger partial charge on any atom is 0.307 e. The summed E-state index contributed by atoms with van der Waals surface area (Å²) in [6, 6.07) is 9.48. The van der Waals surface area contributed by atoms with Crippen LogP contribution >= 0.6 is 0 Å². The van der Waals surface area contributed by atoms with Gasteiger partial charge in [-0.2, -0.15) is 10.2 Å². The van der Waals surface area contributed by atoms with Crippen molar-refractivity contribution in [2.24, 2.45) is 0 Å². The second kappa shape index (κ2) is 7.18. The minimum Gasteiger partial charge on any atom is -0.324 e. The molecule has 0 aliphatic heterocycles. The van der Waals surface area contributed by atoms with E-state index in [0.29, 0.717) is 12.2 Å². The summed E-state index contributed by atoms with van der Waals surface area (Å²) in [5.41, 5.74) is 3.63. The minimum atomic E-state index is -0.553. The largest absolute Gasteiger partial charge is 0.324 e. The summed E-state index contributed by atoms with van der Waals surface area (Å²) >= 11 is 0. The van der Waals surface area contributed by atoms with Gasteiger partial charge in [-0.05, 0) is 37.6 Å². The molecule has 0 saturated carbocycles. The van der Waals surface area contributed by atoms with Crippen LogP contribution in [0.15, 0.2) is 42.7 Å². The summed E-state index contributed by atoms with van der Waals surface area (Å²) in [5.74, 6) is -0.311. The molecule has 0 atom stereocenters. The normalized spacial score (nSPS) is 10.7. The van der Waals surface area contributed by atoms with Crippen molar-refractivity contribution in [2.75, 3.05) is 5.32 Å². The van der Waals surface area contributed by atoms with Gasteiger partial charge in [0.2, 0.25) is 5.91 Å². The van der Waals surface area contributed by atoms with E-state index in [1.54, 1.807) is 0 Å². The first-order valence-electron chi connectivity index (χ1n) is 7.97. The van der Waals surface area contributed by atoms with Gasteiger partial charge in [0.05, 0.1) is 17.2 Å². The first kappa shape index (κ1) is 17.3. The highest BCUT2D eigenvalue weighted by Gasteiger charge is 2.11. The molecular weight excluding hydrogens is 336 g/mol. The quantitative estimate of drug-likeness (QED) is 0.540. The zero-order chi connectivity index (χ0) is 18.7. The van der Waals surface area contributed by atoms with E-state index in [0.717, 1.165) is 23.1 Å². The van der Waals surface area contributed by atoms with Crippen LogP contribution in [0.5, 0.6) is 0 Å². The number of aromatic nitrogens is 4. The van der Waals surface area contributed by atoms with Crippen LogP contribution in [-0.4, -0.2) is 30.4 Å². The molecule has 0 spiro atoms. The highest BCUT2D eigenvalue weighted by molar-refractivity contribution is 5.90. The summed E-state index contributed by atoms with van der Waals surface area (Å²) in [5, 5.41) is 21.6. The molecule has 2 heterocycles. The standard InChI is InChI=1S/C17H18N6O3/c1-12-7-13(2)22(20-12)9-14-3-5-15(6-4-14)19-17(24)11-21-10-16(8-18-21)23(25)26/h3-8,10H,9,11H2,1-2H3,(H,19,24). The summed E-state index contributed by atoms with van der Waals surface area (Å²) in [6.45, 7) is 4.52. The molecule has 0 aliphatic rings. The second-order valence-electron chi connectivity index (χ2n) is 5.98. The van der Waals surface area contributed by atoms with Crippen LogP contribution in [0, 0.1) is 24.0 Å². The fraction of sp³-hybridized carbons (Fsp3) is 0.235. The van der Waals surface area contributed by atoms with Crippen molar-refractivity contribution < 1.29 is 9.72 Å². The van der Waals surface area contributed by atoms with E-state index >= 15 is 0 Å². The fourth-order valence-corrected chi connectivity index (χ4v) is 2.58. The molecule has 0 aliphatic carbocycles. The van der Waals surface area contributed by atoms with Crippen LogP contribution < -0.4 is 5.32 Å². The van der Waals surface area contributed by atoms with Crippen molar-refractivity contribution in [1.82, 2.24) is 19.6 Å².